The maximum atomic E-state index is 12.6. The number of aromatic nitrogens is 1. The van der Waals surface area contributed by atoms with Crippen molar-refractivity contribution in [3.63, 3.8) is 0 Å². The topological polar surface area (TPSA) is 62.0 Å². The highest BCUT2D eigenvalue weighted by molar-refractivity contribution is 7.21. The van der Waals surface area contributed by atoms with Gasteiger partial charge in [-0.1, -0.05) is 41.5 Å². The lowest BCUT2D eigenvalue weighted by Crippen LogP contribution is -2.24. The van der Waals surface area contributed by atoms with Crippen molar-refractivity contribution in [1.82, 2.24) is 10.3 Å². The van der Waals surface area contributed by atoms with Crippen LogP contribution in [-0.2, 0) is 6.42 Å². The third-order valence-electron chi connectivity index (χ3n) is 4.69. The van der Waals surface area contributed by atoms with Gasteiger partial charge in [-0.3, -0.25) is 9.59 Å². The van der Waals surface area contributed by atoms with Crippen LogP contribution < -0.4 is 10.9 Å². The van der Waals surface area contributed by atoms with Gasteiger partial charge in [0.05, 0.1) is 10.3 Å². The van der Waals surface area contributed by atoms with Crippen molar-refractivity contribution in [2.45, 2.75) is 20.3 Å². The molecule has 1 amide bonds. The SMILES string of the molecule is Cc1ccc(CCNC(=O)c2cc3c(=O)[nH]c4ccc(C)cc4c3s2)cc1. The molecule has 27 heavy (non-hydrogen) atoms. The summed E-state index contributed by atoms with van der Waals surface area (Å²) in [4.78, 5) is 28.4. The minimum Gasteiger partial charge on any atom is -0.351 e. The number of nitrogens with one attached hydrogen (secondary N) is 2. The monoisotopic (exact) mass is 376 g/mol. The Morgan fingerprint density at radius 3 is 2.52 bits per heavy atom. The standard InChI is InChI=1S/C22H20N2O2S/c1-13-3-6-15(7-4-13)9-10-23-22(26)19-12-17-20(27-19)16-11-14(2)5-8-18(16)24-21(17)25/h3-8,11-12H,9-10H2,1-2H3,(H,23,26)(H,24,25). The average Bonchev–Trinajstić information content (AvgIpc) is 3.11. The maximum absolute atomic E-state index is 12.6. The van der Waals surface area contributed by atoms with Gasteiger partial charge in [-0.05, 0) is 44.0 Å². The van der Waals surface area contributed by atoms with Crippen LogP contribution in [0.25, 0.3) is 21.0 Å². The van der Waals surface area contributed by atoms with Gasteiger partial charge in [-0.25, -0.2) is 0 Å². The van der Waals surface area contributed by atoms with Crippen LogP contribution >= 0.6 is 11.3 Å². The van der Waals surface area contributed by atoms with E-state index in [2.05, 4.69) is 41.5 Å². The molecule has 0 bridgehead atoms. The van der Waals surface area contributed by atoms with Crippen molar-refractivity contribution in [2.24, 2.45) is 0 Å². The zero-order chi connectivity index (χ0) is 19.0. The molecule has 136 valence electrons. The summed E-state index contributed by atoms with van der Waals surface area (Å²) >= 11 is 1.37. The number of hydrogen-bond acceptors (Lipinski definition) is 3. The Hall–Kier alpha value is -2.92. The van der Waals surface area contributed by atoms with Crippen molar-refractivity contribution < 1.29 is 4.79 Å². The average molecular weight is 376 g/mol. The van der Waals surface area contributed by atoms with E-state index in [4.69, 9.17) is 0 Å². The van der Waals surface area contributed by atoms with Gasteiger partial charge in [0.1, 0.15) is 0 Å². The first-order chi connectivity index (χ1) is 13.0. The van der Waals surface area contributed by atoms with E-state index in [1.807, 2.05) is 25.1 Å². The molecular weight excluding hydrogens is 356 g/mol. The predicted octanol–water partition coefficient (Wildman–Crippen LogP) is 4.33. The molecule has 0 aliphatic carbocycles. The maximum Gasteiger partial charge on any atom is 0.261 e. The van der Waals surface area contributed by atoms with E-state index in [1.54, 1.807) is 6.07 Å². The van der Waals surface area contributed by atoms with Gasteiger partial charge < -0.3 is 10.3 Å². The molecule has 0 aliphatic heterocycles. The number of hydrogen-bond donors (Lipinski definition) is 2. The molecule has 4 aromatic rings. The summed E-state index contributed by atoms with van der Waals surface area (Å²) in [5.74, 6) is -0.136. The van der Waals surface area contributed by atoms with Crippen LogP contribution in [-0.4, -0.2) is 17.4 Å². The summed E-state index contributed by atoms with van der Waals surface area (Å²) in [6.45, 7) is 4.63. The lowest BCUT2D eigenvalue weighted by Gasteiger charge is -2.04. The molecule has 2 heterocycles. The molecule has 0 aliphatic rings. The summed E-state index contributed by atoms with van der Waals surface area (Å²) in [5, 5.41) is 4.51. The van der Waals surface area contributed by atoms with E-state index in [0.717, 1.165) is 27.6 Å². The zero-order valence-electron chi connectivity index (χ0n) is 15.3. The minimum absolute atomic E-state index is 0.136. The summed E-state index contributed by atoms with van der Waals surface area (Å²) in [6.07, 6.45) is 0.777. The van der Waals surface area contributed by atoms with Crippen LogP contribution in [0, 0.1) is 13.8 Å². The van der Waals surface area contributed by atoms with Gasteiger partial charge in [0.15, 0.2) is 0 Å². The van der Waals surface area contributed by atoms with Crippen molar-refractivity contribution >= 4 is 38.2 Å². The summed E-state index contributed by atoms with van der Waals surface area (Å²) in [7, 11) is 0. The normalized spacial score (nSPS) is 11.2. The number of fused-ring (bicyclic) bond motifs is 3. The molecule has 2 N–H and O–H groups in total. The smallest absolute Gasteiger partial charge is 0.261 e. The lowest BCUT2D eigenvalue weighted by molar-refractivity contribution is 0.0958. The predicted molar refractivity (Wildman–Crippen MR) is 112 cm³/mol. The van der Waals surface area contributed by atoms with Crippen molar-refractivity contribution in [2.75, 3.05) is 6.54 Å². The molecule has 0 fully saturated rings. The quantitative estimate of drug-likeness (QED) is 0.557. The second-order valence-electron chi connectivity index (χ2n) is 6.85. The third-order valence-corrected chi connectivity index (χ3v) is 5.86. The molecule has 0 unspecified atom stereocenters. The van der Waals surface area contributed by atoms with Crippen LogP contribution in [0.2, 0.25) is 0 Å². The molecule has 4 rings (SSSR count). The zero-order valence-corrected chi connectivity index (χ0v) is 16.1. The number of carbonyl (C=O) groups is 1. The molecule has 2 aromatic carbocycles. The van der Waals surface area contributed by atoms with E-state index in [1.165, 1.54) is 22.5 Å². The van der Waals surface area contributed by atoms with Crippen molar-refractivity contribution in [1.29, 1.82) is 0 Å². The largest absolute Gasteiger partial charge is 0.351 e. The Morgan fingerprint density at radius 2 is 1.74 bits per heavy atom. The van der Waals surface area contributed by atoms with E-state index >= 15 is 0 Å². The number of rotatable bonds is 4. The van der Waals surface area contributed by atoms with Crippen LogP contribution in [0.5, 0.6) is 0 Å². The Kier molecular flexibility index (Phi) is 4.54. The first-order valence-corrected chi connectivity index (χ1v) is 9.73. The second-order valence-corrected chi connectivity index (χ2v) is 7.90. The summed E-state index contributed by atoms with van der Waals surface area (Å²) < 4.78 is 0.862. The molecule has 5 heteroatoms. The third kappa shape index (κ3) is 3.51. The van der Waals surface area contributed by atoms with Crippen LogP contribution in [0.1, 0.15) is 26.4 Å². The molecule has 0 saturated carbocycles. The number of aromatic amines is 1. The lowest BCUT2D eigenvalue weighted by atomic mass is 10.1. The first-order valence-electron chi connectivity index (χ1n) is 8.91. The van der Waals surface area contributed by atoms with Crippen LogP contribution in [0.3, 0.4) is 0 Å². The fraction of sp³-hybridized carbons (Fsp3) is 0.182. The van der Waals surface area contributed by atoms with E-state index < -0.39 is 0 Å². The Balaban J connectivity index is 1.58. The first kappa shape index (κ1) is 17.5. The van der Waals surface area contributed by atoms with Crippen LogP contribution in [0.15, 0.2) is 53.3 Å². The van der Waals surface area contributed by atoms with Crippen molar-refractivity contribution in [3.8, 4) is 0 Å². The highest BCUT2D eigenvalue weighted by Crippen LogP contribution is 2.30. The molecule has 0 spiro atoms. The van der Waals surface area contributed by atoms with Gasteiger partial charge in [-0.15, -0.1) is 11.3 Å². The van der Waals surface area contributed by atoms with Gasteiger partial charge in [0.25, 0.3) is 11.5 Å². The van der Waals surface area contributed by atoms with E-state index in [0.29, 0.717) is 16.8 Å². The van der Waals surface area contributed by atoms with Gasteiger partial charge >= 0.3 is 0 Å². The van der Waals surface area contributed by atoms with Gasteiger partial charge in [0, 0.05) is 22.1 Å². The van der Waals surface area contributed by atoms with Crippen LogP contribution in [0.4, 0.5) is 0 Å². The number of benzene rings is 2. The molecule has 4 nitrogen and oxygen atoms in total. The molecule has 0 saturated heterocycles. The highest BCUT2D eigenvalue weighted by Gasteiger charge is 2.14. The number of thiophene rings is 1. The Morgan fingerprint density at radius 1 is 1.00 bits per heavy atom. The fourth-order valence-electron chi connectivity index (χ4n) is 3.18. The Bertz CT molecular complexity index is 1200. The number of carbonyl (C=O) groups excluding carboxylic acids is 1. The highest BCUT2D eigenvalue weighted by atomic mass is 32.1. The Labute approximate surface area is 160 Å². The summed E-state index contributed by atoms with van der Waals surface area (Å²) in [6, 6.07) is 15.9. The van der Waals surface area contributed by atoms with E-state index in [9.17, 15) is 9.59 Å². The molecule has 0 radical (unpaired) electrons. The number of pyridine rings is 1. The van der Waals surface area contributed by atoms with Gasteiger partial charge in [-0.2, -0.15) is 0 Å². The van der Waals surface area contributed by atoms with Gasteiger partial charge in [0.2, 0.25) is 0 Å². The minimum atomic E-state index is -0.156. The summed E-state index contributed by atoms with van der Waals surface area (Å²) in [5.41, 5.74) is 4.17. The fourth-order valence-corrected chi connectivity index (χ4v) is 4.28. The number of aryl methyl sites for hydroxylation is 2. The van der Waals surface area contributed by atoms with Crippen molar-refractivity contribution in [3.05, 3.63) is 80.5 Å². The molecule has 2 aromatic heterocycles. The molecular formula is C22H20N2O2S. The second kappa shape index (κ2) is 7.00. The number of H-pyrrole nitrogens is 1. The van der Waals surface area contributed by atoms with E-state index in [-0.39, 0.29) is 11.5 Å². The molecule has 0 atom stereocenters. The number of amides is 1.